The van der Waals surface area contributed by atoms with Crippen LogP contribution in [0.15, 0.2) is 47.1 Å². The van der Waals surface area contributed by atoms with Gasteiger partial charge in [-0.25, -0.2) is 0 Å². The molecule has 0 saturated heterocycles. The van der Waals surface area contributed by atoms with Gasteiger partial charge < -0.3 is 15.0 Å². The van der Waals surface area contributed by atoms with Crippen LogP contribution in [0.25, 0.3) is 0 Å². The van der Waals surface area contributed by atoms with Crippen molar-refractivity contribution in [3.8, 4) is 0 Å². The summed E-state index contributed by atoms with van der Waals surface area (Å²) >= 11 is 0. The lowest BCUT2D eigenvalue weighted by Gasteiger charge is -2.35. The lowest BCUT2D eigenvalue weighted by Crippen LogP contribution is -2.27. The Hall–Kier alpha value is -1.61. The maximum atomic E-state index is 10.5. The van der Waals surface area contributed by atoms with Crippen molar-refractivity contribution in [2.45, 2.75) is 60.0 Å². The van der Waals surface area contributed by atoms with Crippen molar-refractivity contribution in [1.29, 1.82) is 0 Å². The molecule has 0 bridgehead atoms. The molecule has 0 aromatic carbocycles. The van der Waals surface area contributed by atoms with Crippen LogP contribution < -0.4 is 5.11 Å². The molecule has 0 saturated carbocycles. The third-order valence-corrected chi connectivity index (χ3v) is 4.50. The minimum atomic E-state index is -1.02. The Morgan fingerprint density at radius 1 is 1.48 bits per heavy atom. The van der Waals surface area contributed by atoms with Gasteiger partial charge >= 0.3 is 0 Å². The van der Waals surface area contributed by atoms with Crippen LogP contribution in [0.3, 0.4) is 0 Å². The van der Waals surface area contributed by atoms with Gasteiger partial charge in [0.15, 0.2) is 0 Å². The molecular weight excluding hydrogens is 288 g/mol. The molecule has 1 N–H and O–H groups in total. The van der Waals surface area contributed by atoms with Gasteiger partial charge in [0.25, 0.3) is 0 Å². The highest BCUT2D eigenvalue weighted by Gasteiger charge is 2.30. The van der Waals surface area contributed by atoms with Gasteiger partial charge in [-0.3, -0.25) is 0 Å². The molecule has 0 heterocycles. The van der Waals surface area contributed by atoms with Gasteiger partial charge in [-0.15, -0.1) is 0 Å². The number of allylic oxidation sites excluding steroid dienone is 7. The monoisotopic (exact) mass is 317 g/mol. The first-order valence-corrected chi connectivity index (χ1v) is 8.26. The van der Waals surface area contributed by atoms with Gasteiger partial charge in [-0.1, -0.05) is 56.7 Å². The van der Waals surface area contributed by atoms with E-state index in [-0.39, 0.29) is 23.9 Å². The van der Waals surface area contributed by atoms with Crippen molar-refractivity contribution >= 4 is 5.97 Å². The number of carbonyl (C=O) groups is 1. The first kappa shape index (κ1) is 19.4. The fourth-order valence-electron chi connectivity index (χ4n) is 2.92. The number of carbonyl (C=O) groups excluding carboxylic acids is 1. The zero-order chi connectivity index (χ0) is 17.6. The van der Waals surface area contributed by atoms with Gasteiger partial charge in [0.1, 0.15) is 0 Å². The van der Waals surface area contributed by atoms with Gasteiger partial charge in [0.2, 0.25) is 0 Å². The lowest BCUT2D eigenvalue weighted by atomic mass is 9.71. The molecule has 2 atom stereocenters. The molecule has 0 radical (unpaired) electrons. The van der Waals surface area contributed by atoms with Crippen molar-refractivity contribution < 1.29 is 15.0 Å². The lowest BCUT2D eigenvalue weighted by molar-refractivity contribution is -0.306. The van der Waals surface area contributed by atoms with Gasteiger partial charge in [-0.05, 0) is 55.6 Å². The van der Waals surface area contributed by atoms with Crippen molar-refractivity contribution in [3.05, 3.63) is 47.1 Å². The second-order valence-corrected chi connectivity index (χ2v) is 7.22. The van der Waals surface area contributed by atoms with E-state index in [0.29, 0.717) is 0 Å². The summed E-state index contributed by atoms with van der Waals surface area (Å²) in [5, 5.41) is 20.6. The molecule has 3 heteroatoms. The third-order valence-electron chi connectivity index (χ3n) is 4.50. The van der Waals surface area contributed by atoms with Crippen LogP contribution in [-0.4, -0.2) is 17.2 Å². The van der Waals surface area contributed by atoms with Crippen LogP contribution >= 0.6 is 0 Å². The summed E-state index contributed by atoms with van der Waals surface area (Å²) in [6, 6.07) is 0. The number of carboxylic acids is 1. The number of hydrogen-bond acceptors (Lipinski definition) is 3. The Balaban J connectivity index is 2.79. The molecule has 0 aromatic rings. The summed E-state index contributed by atoms with van der Waals surface area (Å²) in [5.41, 5.74) is 3.43. The normalized spacial score (nSPS) is 23.7. The molecule has 0 spiro atoms. The molecule has 2 unspecified atom stereocenters. The largest absolute Gasteiger partial charge is 0.550 e. The van der Waals surface area contributed by atoms with Crippen LogP contribution in [0.2, 0.25) is 0 Å². The highest BCUT2D eigenvalue weighted by Crippen LogP contribution is 2.40. The summed E-state index contributed by atoms with van der Waals surface area (Å²) in [7, 11) is 0. The number of aliphatic hydroxyl groups is 1. The first-order chi connectivity index (χ1) is 10.6. The number of aliphatic carboxylic acids is 1. The molecule has 0 amide bonds. The molecule has 3 nitrogen and oxygen atoms in total. The van der Waals surface area contributed by atoms with Crippen molar-refractivity contribution in [1.82, 2.24) is 0 Å². The molecule has 1 rings (SSSR count). The second-order valence-electron chi connectivity index (χ2n) is 7.22. The molecular formula is C20H29O3-. The predicted octanol–water partition coefficient (Wildman–Crippen LogP) is 3.32. The molecule has 128 valence electrons. The van der Waals surface area contributed by atoms with E-state index in [9.17, 15) is 15.0 Å². The Bertz CT molecular complexity index is 547. The van der Waals surface area contributed by atoms with Gasteiger partial charge in [-0.2, -0.15) is 0 Å². The van der Waals surface area contributed by atoms with Crippen molar-refractivity contribution in [2.24, 2.45) is 11.3 Å². The fourth-order valence-corrected chi connectivity index (χ4v) is 2.92. The Kier molecular flexibility index (Phi) is 7.01. The second kappa shape index (κ2) is 8.30. The molecule has 0 aliphatic heterocycles. The van der Waals surface area contributed by atoms with E-state index < -0.39 is 5.97 Å². The standard InChI is InChI=1S/C20H30O3/c1-14(7-6-8-15(2)13-19(22)23)9-10-17-16(3)18(21)11-12-20(17,4)5/h6-10,15,18,21H,11-13H2,1-5H3,(H,22,23)/p-1/b8-6+,10-9+,14-7+. The SMILES string of the molecule is CC1=C(/C=C/C(C)=C/C=C/C(C)CC(=O)[O-])C(C)(C)CCC1O. The number of carboxylic acid groups (broad SMARTS) is 1. The summed E-state index contributed by atoms with van der Waals surface area (Å²) < 4.78 is 0. The summed E-state index contributed by atoms with van der Waals surface area (Å²) in [6.45, 7) is 10.3. The molecule has 0 aromatic heterocycles. The third kappa shape index (κ3) is 6.19. The van der Waals surface area contributed by atoms with E-state index in [2.05, 4.69) is 19.9 Å². The zero-order valence-electron chi connectivity index (χ0n) is 14.9. The first-order valence-electron chi connectivity index (χ1n) is 8.26. The predicted molar refractivity (Wildman–Crippen MR) is 92.5 cm³/mol. The smallest absolute Gasteiger partial charge is 0.0753 e. The molecule has 23 heavy (non-hydrogen) atoms. The highest BCUT2D eigenvalue weighted by atomic mass is 16.4. The van der Waals surface area contributed by atoms with E-state index in [1.54, 1.807) is 0 Å². The Morgan fingerprint density at radius 2 is 2.13 bits per heavy atom. The topological polar surface area (TPSA) is 60.4 Å². The van der Waals surface area contributed by atoms with E-state index in [4.69, 9.17) is 0 Å². The Labute approximate surface area is 140 Å². The van der Waals surface area contributed by atoms with E-state index in [1.165, 1.54) is 5.57 Å². The van der Waals surface area contributed by atoms with E-state index in [1.807, 2.05) is 45.1 Å². The maximum Gasteiger partial charge on any atom is 0.0753 e. The van der Waals surface area contributed by atoms with Crippen molar-refractivity contribution in [2.75, 3.05) is 0 Å². The maximum absolute atomic E-state index is 10.5. The van der Waals surface area contributed by atoms with Crippen LogP contribution in [-0.2, 0) is 4.79 Å². The van der Waals surface area contributed by atoms with Crippen molar-refractivity contribution in [3.63, 3.8) is 0 Å². The number of hydrogen-bond donors (Lipinski definition) is 1. The average molecular weight is 317 g/mol. The Morgan fingerprint density at radius 3 is 2.74 bits per heavy atom. The fraction of sp³-hybridized carbons (Fsp3) is 0.550. The summed E-state index contributed by atoms with van der Waals surface area (Å²) in [6.07, 6.45) is 11.4. The highest BCUT2D eigenvalue weighted by molar-refractivity contribution is 5.64. The van der Waals surface area contributed by atoms with Crippen LogP contribution in [0.4, 0.5) is 0 Å². The molecule has 1 aliphatic carbocycles. The molecule has 1 aliphatic rings. The summed E-state index contributed by atoms with van der Waals surface area (Å²) in [5.74, 6) is -1.06. The van der Waals surface area contributed by atoms with Crippen LogP contribution in [0, 0.1) is 11.3 Å². The van der Waals surface area contributed by atoms with Gasteiger partial charge in [0.05, 0.1) is 6.10 Å². The quantitative estimate of drug-likeness (QED) is 0.765. The minimum Gasteiger partial charge on any atom is -0.550 e. The zero-order valence-corrected chi connectivity index (χ0v) is 14.9. The summed E-state index contributed by atoms with van der Waals surface area (Å²) in [4.78, 5) is 10.5. The molecule has 0 fully saturated rings. The number of rotatable bonds is 6. The van der Waals surface area contributed by atoms with E-state index in [0.717, 1.165) is 24.0 Å². The number of aliphatic hydroxyl groups excluding tert-OH is 1. The van der Waals surface area contributed by atoms with Gasteiger partial charge in [0, 0.05) is 5.97 Å². The minimum absolute atomic E-state index is 0.0367. The average Bonchev–Trinajstić information content (AvgIpc) is 2.42. The van der Waals surface area contributed by atoms with E-state index >= 15 is 0 Å². The van der Waals surface area contributed by atoms with Crippen LogP contribution in [0.1, 0.15) is 53.9 Å². The van der Waals surface area contributed by atoms with Crippen LogP contribution in [0.5, 0.6) is 0 Å².